The quantitative estimate of drug-likeness (QED) is 0.627. The summed E-state index contributed by atoms with van der Waals surface area (Å²) in [6.45, 7) is 5.38. The number of fused-ring (bicyclic) bond motifs is 1. The molecule has 0 spiro atoms. The van der Waals surface area contributed by atoms with Gasteiger partial charge in [0.1, 0.15) is 0 Å². The van der Waals surface area contributed by atoms with E-state index in [1.165, 1.54) is 6.42 Å². The predicted octanol–water partition coefficient (Wildman–Crippen LogP) is 0.951. The number of hydrogen-bond acceptors (Lipinski definition) is 3. The molecule has 1 aliphatic carbocycles. The lowest BCUT2D eigenvalue weighted by molar-refractivity contribution is -0.152. The van der Waals surface area contributed by atoms with Gasteiger partial charge in [-0.15, -0.1) is 0 Å². The molecule has 1 saturated carbocycles. The molecular formula is C9H17NO2. The minimum absolute atomic E-state index is 0.233. The summed E-state index contributed by atoms with van der Waals surface area (Å²) in [7, 11) is 1.68. The summed E-state index contributed by atoms with van der Waals surface area (Å²) in [5.41, 5.74) is 3.30. The molecular weight excluding hydrogens is 154 g/mol. The van der Waals surface area contributed by atoms with Crippen LogP contribution in [0.1, 0.15) is 20.3 Å². The maximum absolute atomic E-state index is 5.65. The highest BCUT2D eigenvalue weighted by molar-refractivity contribution is 5.10. The first-order valence-corrected chi connectivity index (χ1v) is 4.58. The van der Waals surface area contributed by atoms with Crippen molar-refractivity contribution in [3.8, 4) is 0 Å². The van der Waals surface area contributed by atoms with E-state index < -0.39 is 0 Å². The van der Waals surface area contributed by atoms with Crippen molar-refractivity contribution in [3.05, 3.63) is 0 Å². The van der Waals surface area contributed by atoms with Crippen LogP contribution >= 0.6 is 0 Å². The van der Waals surface area contributed by atoms with E-state index in [2.05, 4.69) is 19.3 Å². The molecule has 2 rings (SSSR count). The highest BCUT2D eigenvalue weighted by Crippen LogP contribution is 2.51. The van der Waals surface area contributed by atoms with Crippen LogP contribution in [0.2, 0.25) is 0 Å². The second kappa shape index (κ2) is 2.69. The van der Waals surface area contributed by atoms with Gasteiger partial charge in [0.2, 0.25) is 0 Å². The Balaban J connectivity index is 2.04. The Labute approximate surface area is 73.4 Å². The standard InChI is InChI=1S/C9H17NO2/c1-9(2)7(10-11-3)6-4-5-12-8(6)9/h6-8,10H,4-5H2,1-3H3. The van der Waals surface area contributed by atoms with Crippen LogP contribution in [0.4, 0.5) is 0 Å². The van der Waals surface area contributed by atoms with E-state index in [4.69, 9.17) is 9.57 Å². The van der Waals surface area contributed by atoms with Gasteiger partial charge in [0.15, 0.2) is 0 Å². The van der Waals surface area contributed by atoms with E-state index in [1.54, 1.807) is 7.11 Å². The summed E-state index contributed by atoms with van der Waals surface area (Å²) in [5.74, 6) is 0.667. The summed E-state index contributed by atoms with van der Waals surface area (Å²) in [5, 5.41) is 0. The lowest BCUT2D eigenvalue weighted by atomic mass is 9.58. The lowest BCUT2D eigenvalue weighted by Gasteiger charge is -2.54. The number of ether oxygens (including phenoxy) is 1. The highest BCUT2D eigenvalue weighted by atomic mass is 16.6. The van der Waals surface area contributed by atoms with Crippen LogP contribution in [0.15, 0.2) is 0 Å². The van der Waals surface area contributed by atoms with E-state index in [1.807, 2.05) is 0 Å². The summed E-state index contributed by atoms with van der Waals surface area (Å²) in [6, 6.07) is 0.468. The Morgan fingerprint density at radius 2 is 2.25 bits per heavy atom. The van der Waals surface area contributed by atoms with Crippen molar-refractivity contribution in [2.75, 3.05) is 13.7 Å². The second-order valence-electron chi connectivity index (χ2n) is 4.36. The Morgan fingerprint density at radius 1 is 1.50 bits per heavy atom. The van der Waals surface area contributed by atoms with Crippen molar-refractivity contribution in [3.63, 3.8) is 0 Å². The van der Waals surface area contributed by atoms with Crippen LogP contribution in [-0.2, 0) is 9.57 Å². The minimum atomic E-state index is 0.233. The topological polar surface area (TPSA) is 30.5 Å². The van der Waals surface area contributed by atoms with Gasteiger partial charge in [0.05, 0.1) is 13.2 Å². The lowest BCUT2D eigenvalue weighted by Crippen LogP contribution is -2.65. The zero-order valence-corrected chi connectivity index (χ0v) is 7.96. The van der Waals surface area contributed by atoms with E-state index in [0.29, 0.717) is 18.1 Å². The number of rotatable bonds is 2. The van der Waals surface area contributed by atoms with Gasteiger partial charge in [-0.3, -0.25) is 0 Å². The van der Waals surface area contributed by atoms with E-state index in [0.717, 1.165) is 6.61 Å². The zero-order valence-electron chi connectivity index (χ0n) is 7.96. The van der Waals surface area contributed by atoms with Crippen molar-refractivity contribution in [1.82, 2.24) is 5.48 Å². The van der Waals surface area contributed by atoms with Crippen molar-refractivity contribution in [1.29, 1.82) is 0 Å². The van der Waals surface area contributed by atoms with Crippen molar-refractivity contribution < 1.29 is 9.57 Å². The van der Waals surface area contributed by atoms with Crippen LogP contribution < -0.4 is 5.48 Å². The van der Waals surface area contributed by atoms with Crippen molar-refractivity contribution >= 4 is 0 Å². The van der Waals surface area contributed by atoms with E-state index in [-0.39, 0.29) is 5.41 Å². The summed E-state index contributed by atoms with van der Waals surface area (Å²) in [6.07, 6.45) is 1.62. The SMILES string of the molecule is CONC1C2CCOC2C1(C)C. The Kier molecular flexibility index (Phi) is 1.90. The third kappa shape index (κ3) is 0.934. The highest BCUT2D eigenvalue weighted by Gasteiger charge is 2.59. The van der Waals surface area contributed by atoms with Gasteiger partial charge in [-0.25, -0.2) is 0 Å². The normalized spacial score (nSPS) is 43.8. The molecule has 0 aromatic carbocycles. The van der Waals surface area contributed by atoms with Crippen LogP contribution in [-0.4, -0.2) is 25.9 Å². The average Bonchev–Trinajstić information content (AvgIpc) is 2.46. The molecule has 70 valence electrons. The Morgan fingerprint density at radius 3 is 2.92 bits per heavy atom. The molecule has 1 N–H and O–H groups in total. The molecule has 1 saturated heterocycles. The second-order valence-corrected chi connectivity index (χ2v) is 4.36. The smallest absolute Gasteiger partial charge is 0.0686 e. The van der Waals surface area contributed by atoms with Crippen molar-refractivity contribution in [2.24, 2.45) is 11.3 Å². The first kappa shape index (κ1) is 8.48. The molecule has 0 bridgehead atoms. The zero-order chi connectivity index (χ0) is 8.77. The number of nitrogens with one attached hydrogen (secondary N) is 1. The molecule has 0 amide bonds. The van der Waals surface area contributed by atoms with Crippen LogP contribution in [0.3, 0.4) is 0 Å². The average molecular weight is 171 g/mol. The van der Waals surface area contributed by atoms with Crippen molar-refractivity contribution in [2.45, 2.75) is 32.4 Å². The molecule has 0 aromatic heterocycles. The van der Waals surface area contributed by atoms with Gasteiger partial charge in [0.25, 0.3) is 0 Å². The number of hydroxylamine groups is 1. The molecule has 3 heteroatoms. The van der Waals surface area contributed by atoms with Gasteiger partial charge in [0, 0.05) is 24.0 Å². The molecule has 0 radical (unpaired) electrons. The molecule has 3 nitrogen and oxygen atoms in total. The first-order valence-electron chi connectivity index (χ1n) is 4.58. The van der Waals surface area contributed by atoms with Crippen LogP contribution in [0.25, 0.3) is 0 Å². The fraction of sp³-hybridized carbons (Fsp3) is 1.00. The fourth-order valence-corrected chi connectivity index (χ4v) is 2.69. The minimum Gasteiger partial charge on any atom is -0.377 e. The molecule has 0 aromatic rings. The van der Waals surface area contributed by atoms with Crippen LogP contribution in [0, 0.1) is 11.3 Å². The third-order valence-corrected chi connectivity index (χ3v) is 3.35. The largest absolute Gasteiger partial charge is 0.377 e. The van der Waals surface area contributed by atoms with Gasteiger partial charge in [-0.05, 0) is 6.42 Å². The predicted molar refractivity (Wildman–Crippen MR) is 45.6 cm³/mol. The van der Waals surface area contributed by atoms with Gasteiger partial charge in [-0.1, -0.05) is 13.8 Å². The van der Waals surface area contributed by atoms with E-state index in [9.17, 15) is 0 Å². The Hall–Kier alpha value is -0.120. The van der Waals surface area contributed by atoms with Gasteiger partial charge >= 0.3 is 0 Å². The van der Waals surface area contributed by atoms with E-state index >= 15 is 0 Å². The molecule has 3 unspecified atom stereocenters. The summed E-state index contributed by atoms with van der Waals surface area (Å²) < 4.78 is 5.65. The Bertz CT molecular complexity index is 181. The summed E-state index contributed by atoms with van der Waals surface area (Å²) in [4.78, 5) is 4.98. The third-order valence-electron chi connectivity index (χ3n) is 3.35. The molecule has 2 aliphatic rings. The van der Waals surface area contributed by atoms with Gasteiger partial charge < -0.3 is 9.57 Å². The monoisotopic (exact) mass is 171 g/mol. The molecule has 2 fully saturated rings. The number of hydrogen-bond donors (Lipinski definition) is 1. The fourth-order valence-electron chi connectivity index (χ4n) is 2.69. The summed E-state index contributed by atoms with van der Waals surface area (Å²) >= 11 is 0. The maximum Gasteiger partial charge on any atom is 0.0686 e. The molecule has 1 aliphatic heterocycles. The first-order chi connectivity index (χ1) is 5.68. The maximum atomic E-state index is 5.65. The van der Waals surface area contributed by atoms with Crippen LogP contribution in [0.5, 0.6) is 0 Å². The van der Waals surface area contributed by atoms with Gasteiger partial charge in [-0.2, -0.15) is 5.48 Å². The molecule has 12 heavy (non-hydrogen) atoms. The molecule has 1 heterocycles. The molecule has 3 atom stereocenters.